The molecule has 8 aromatic carbocycles. The number of fused-ring (bicyclic) bond motifs is 9. The average molecular weight is 725 g/mol. The second-order valence-electron chi connectivity index (χ2n) is 14.2. The maximum atomic E-state index is 8.40. The van der Waals surface area contributed by atoms with Gasteiger partial charge in [0.05, 0.1) is 64.2 Å². The Kier molecular flexibility index (Phi) is 6.95. The molecular weight excluding hydrogens is 697 g/mol. The molecule has 0 aliphatic rings. The Hall–Kier alpha value is -8.37. The van der Waals surface area contributed by atoms with E-state index in [9.17, 15) is 0 Å². The van der Waals surface area contributed by atoms with Crippen molar-refractivity contribution in [1.29, 1.82) is 0 Å². The molecule has 0 N–H and O–H groups in total. The highest BCUT2D eigenvalue weighted by atomic mass is 15.0. The van der Waals surface area contributed by atoms with Crippen LogP contribution >= 0.6 is 0 Å². The van der Waals surface area contributed by atoms with Crippen LogP contribution in [0, 0.1) is 19.7 Å². The molecule has 0 saturated carbocycles. The molecule has 6 nitrogen and oxygen atoms in total. The lowest BCUT2D eigenvalue weighted by atomic mass is 9.99. The van der Waals surface area contributed by atoms with Crippen molar-refractivity contribution in [2.75, 3.05) is 0 Å². The summed E-state index contributed by atoms with van der Waals surface area (Å²) < 4.78 is 6.84. The van der Waals surface area contributed by atoms with Crippen LogP contribution in [0.25, 0.3) is 108 Å². The van der Waals surface area contributed by atoms with Gasteiger partial charge in [0, 0.05) is 32.8 Å². The molecule has 0 amide bonds. The Morgan fingerprint density at radius 2 is 0.807 bits per heavy atom. The summed E-state index contributed by atoms with van der Waals surface area (Å²) in [4.78, 5) is 11.5. The van der Waals surface area contributed by atoms with Gasteiger partial charge in [-0.05, 0) is 83.1 Å². The minimum absolute atomic E-state index is 0.502. The van der Waals surface area contributed by atoms with Gasteiger partial charge in [0.15, 0.2) is 11.4 Å². The minimum atomic E-state index is 0.502. The van der Waals surface area contributed by atoms with Crippen molar-refractivity contribution in [3.8, 4) is 28.2 Å². The molecule has 3 heterocycles. The van der Waals surface area contributed by atoms with Crippen LogP contribution in [0.1, 0.15) is 0 Å². The monoisotopic (exact) mass is 724 g/mol. The molecule has 0 aliphatic heterocycles. The minimum Gasteiger partial charge on any atom is -0.319 e. The van der Waals surface area contributed by atoms with Crippen LogP contribution in [0.4, 0.5) is 17.1 Å². The maximum absolute atomic E-state index is 8.40. The molecule has 11 rings (SSSR count). The molecule has 11 aromatic rings. The first-order valence-electron chi connectivity index (χ1n) is 18.6. The van der Waals surface area contributed by atoms with Gasteiger partial charge in [-0.1, -0.05) is 103 Å². The first-order chi connectivity index (χ1) is 28.2. The molecule has 0 bridgehead atoms. The van der Waals surface area contributed by atoms with Crippen molar-refractivity contribution in [3.63, 3.8) is 0 Å². The summed E-state index contributed by atoms with van der Waals surface area (Å²) in [6, 6.07) is 58.2. The van der Waals surface area contributed by atoms with Gasteiger partial charge in [-0.2, -0.15) is 0 Å². The molecule has 0 saturated heterocycles. The second-order valence-corrected chi connectivity index (χ2v) is 14.2. The fraction of sp³-hybridized carbons (Fsp3) is 0. The Balaban J connectivity index is 1.19. The lowest BCUT2D eigenvalue weighted by Crippen LogP contribution is -2.01. The maximum Gasteiger partial charge on any atom is 0.211 e. The number of hydrogen-bond donors (Lipinski definition) is 0. The molecular formula is C51H28N6. The molecule has 6 heteroatoms. The van der Waals surface area contributed by atoms with Gasteiger partial charge >= 0.3 is 0 Å². The zero-order valence-electron chi connectivity index (χ0n) is 30.3. The zero-order valence-corrected chi connectivity index (χ0v) is 30.3. The Labute approximate surface area is 327 Å². The third-order valence-electron chi connectivity index (χ3n) is 11.3. The van der Waals surface area contributed by atoms with Crippen LogP contribution in [0.3, 0.4) is 0 Å². The standard InChI is InChI=1S/C51H28N6/c1-52-32-23-26-49-40(29-32)41-30-33(53-2)24-27-50(41)57(49)51-39(17-12-18-43(51)54-3)37-15-6-10-21-46(37)56-47-22-11-7-16-38(47)42-31-34(25-28-48(42)56)55-44-19-8-4-13-35(44)36-14-5-9-20-45(36)55/h4-31H. The van der Waals surface area contributed by atoms with Crippen molar-refractivity contribution >= 4 is 82.5 Å². The van der Waals surface area contributed by atoms with E-state index in [1.807, 2.05) is 48.5 Å². The Morgan fingerprint density at radius 3 is 1.42 bits per heavy atom. The van der Waals surface area contributed by atoms with Crippen molar-refractivity contribution in [2.24, 2.45) is 0 Å². The molecule has 0 fully saturated rings. The number of rotatable bonds is 4. The largest absolute Gasteiger partial charge is 0.319 e. The van der Waals surface area contributed by atoms with E-state index in [0.717, 1.165) is 71.8 Å². The number of nitrogens with zero attached hydrogens (tertiary/aromatic N) is 6. The number of benzene rings is 8. The summed E-state index contributed by atoms with van der Waals surface area (Å²) in [6.45, 7) is 23.9. The van der Waals surface area contributed by atoms with Crippen LogP contribution in [0.15, 0.2) is 170 Å². The first kappa shape index (κ1) is 32.1. The molecule has 0 spiro atoms. The first-order valence-corrected chi connectivity index (χ1v) is 18.6. The predicted molar refractivity (Wildman–Crippen MR) is 234 cm³/mol. The Bertz CT molecular complexity index is 3500. The van der Waals surface area contributed by atoms with E-state index in [0.29, 0.717) is 17.1 Å². The lowest BCUT2D eigenvalue weighted by Gasteiger charge is -2.20. The predicted octanol–water partition coefficient (Wildman–Crippen LogP) is 14.3. The van der Waals surface area contributed by atoms with Crippen LogP contribution in [0.2, 0.25) is 0 Å². The van der Waals surface area contributed by atoms with Gasteiger partial charge in [0.1, 0.15) is 0 Å². The SMILES string of the molecule is [C-]#[N+]c1ccc2c(c1)c1cc([N+]#[C-])ccc1n2-c1c([N+]#[C-])cccc1-c1ccccc1-n1c2ccccc2c2cc(-n3c4ccccc4c4ccccc43)ccc21. The molecule has 0 unspecified atom stereocenters. The molecule has 0 radical (unpaired) electrons. The molecule has 0 atom stereocenters. The number of hydrogen-bond acceptors (Lipinski definition) is 0. The van der Waals surface area contributed by atoms with Gasteiger partial charge in [-0.25, -0.2) is 14.5 Å². The highest BCUT2D eigenvalue weighted by molar-refractivity contribution is 6.14. The summed E-state index contributed by atoms with van der Waals surface area (Å²) in [5.41, 5.74) is 12.5. The fourth-order valence-electron chi connectivity index (χ4n) is 8.91. The quantitative estimate of drug-likeness (QED) is 0.162. The topological polar surface area (TPSA) is 27.9 Å². The zero-order chi connectivity index (χ0) is 38.2. The summed E-state index contributed by atoms with van der Waals surface area (Å²) >= 11 is 0. The van der Waals surface area contributed by atoms with Crippen molar-refractivity contribution in [1.82, 2.24) is 13.7 Å². The summed E-state index contributed by atoms with van der Waals surface area (Å²) in [6.07, 6.45) is 0. The van der Waals surface area contributed by atoms with E-state index < -0.39 is 0 Å². The molecule has 3 aromatic heterocycles. The van der Waals surface area contributed by atoms with Crippen LogP contribution < -0.4 is 0 Å². The van der Waals surface area contributed by atoms with Crippen LogP contribution in [0.5, 0.6) is 0 Å². The van der Waals surface area contributed by atoms with Gasteiger partial charge < -0.3 is 13.7 Å². The van der Waals surface area contributed by atoms with Gasteiger partial charge in [-0.15, -0.1) is 0 Å². The van der Waals surface area contributed by atoms with E-state index in [2.05, 4.69) is 150 Å². The fourth-order valence-corrected chi connectivity index (χ4v) is 8.91. The van der Waals surface area contributed by atoms with Crippen molar-refractivity contribution < 1.29 is 0 Å². The van der Waals surface area contributed by atoms with E-state index >= 15 is 0 Å². The molecule has 0 aliphatic carbocycles. The van der Waals surface area contributed by atoms with Crippen LogP contribution in [-0.2, 0) is 0 Å². The molecule has 57 heavy (non-hydrogen) atoms. The summed E-state index contributed by atoms with van der Waals surface area (Å²) in [5, 5.41) is 6.47. The third kappa shape index (κ3) is 4.61. The molecule has 262 valence electrons. The third-order valence-corrected chi connectivity index (χ3v) is 11.3. The van der Waals surface area contributed by atoms with Gasteiger partial charge in [0.25, 0.3) is 0 Å². The number of para-hydroxylation sites is 5. The lowest BCUT2D eigenvalue weighted by molar-refractivity contribution is 1.16. The highest BCUT2D eigenvalue weighted by Crippen LogP contribution is 2.45. The Morgan fingerprint density at radius 1 is 0.333 bits per heavy atom. The van der Waals surface area contributed by atoms with E-state index in [4.69, 9.17) is 19.7 Å². The van der Waals surface area contributed by atoms with Gasteiger partial charge in [-0.3, -0.25) is 0 Å². The second kappa shape index (κ2) is 12.3. The van der Waals surface area contributed by atoms with Gasteiger partial charge in [0.2, 0.25) is 5.69 Å². The van der Waals surface area contributed by atoms with Crippen LogP contribution in [-0.4, -0.2) is 13.7 Å². The highest BCUT2D eigenvalue weighted by Gasteiger charge is 2.23. The smallest absolute Gasteiger partial charge is 0.211 e. The van der Waals surface area contributed by atoms with Crippen molar-refractivity contribution in [2.45, 2.75) is 0 Å². The van der Waals surface area contributed by atoms with E-state index in [1.165, 1.54) is 21.8 Å². The summed E-state index contributed by atoms with van der Waals surface area (Å²) in [7, 11) is 0. The normalized spacial score (nSPS) is 11.5. The van der Waals surface area contributed by atoms with E-state index in [1.54, 1.807) is 0 Å². The van der Waals surface area contributed by atoms with E-state index in [-0.39, 0.29) is 0 Å². The number of aromatic nitrogens is 3. The van der Waals surface area contributed by atoms with Crippen molar-refractivity contribution in [3.05, 3.63) is 204 Å². The average Bonchev–Trinajstić information content (AvgIpc) is 3.90. The summed E-state index contributed by atoms with van der Waals surface area (Å²) in [5.74, 6) is 0.